The fourth-order valence-corrected chi connectivity index (χ4v) is 3.12. The van der Waals surface area contributed by atoms with Crippen LogP contribution in [-0.4, -0.2) is 29.9 Å². The molecule has 4 heteroatoms. The van der Waals surface area contributed by atoms with Crippen LogP contribution in [-0.2, 0) is 11.3 Å². The Morgan fingerprint density at radius 1 is 1.40 bits per heavy atom. The zero-order valence-electron chi connectivity index (χ0n) is 12.2. The van der Waals surface area contributed by atoms with Crippen LogP contribution in [0.5, 0.6) is 0 Å². The van der Waals surface area contributed by atoms with Crippen molar-refractivity contribution in [3.63, 3.8) is 0 Å². The fourth-order valence-electron chi connectivity index (χ4n) is 2.85. The standard InChI is InChI=1S/C16H23BrN2O/c1-3-14-11-19(12(2)20)9-8-16(14)18-10-13-4-6-15(17)7-5-13/h4-7,14,16,18H,3,8-11H2,1-2H3/t14-,16-/m1/s1. The van der Waals surface area contributed by atoms with Crippen molar-refractivity contribution >= 4 is 21.8 Å². The van der Waals surface area contributed by atoms with Gasteiger partial charge >= 0.3 is 0 Å². The van der Waals surface area contributed by atoms with E-state index in [2.05, 4.69) is 52.4 Å². The molecular weight excluding hydrogens is 316 g/mol. The highest BCUT2D eigenvalue weighted by atomic mass is 79.9. The molecule has 0 bridgehead atoms. The quantitative estimate of drug-likeness (QED) is 0.914. The Balaban J connectivity index is 1.89. The Labute approximate surface area is 129 Å². The number of hydrogen-bond acceptors (Lipinski definition) is 2. The number of piperidine rings is 1. The van der Waals surface area contributed by atoms with E-state index >= 15 is 0 Å². The predicted octanol–water partition coefficient (Wildman–Crippen LogP) is 3.19. The molecule has 0 aromatic heterocycles. The second-order valence-corrected chi connectivity index (χ2v) is 6.45. The molecule has 1 fully saturated rings. The van der Waals surface area contributed by atoms with E-state index in [0.29, 0.717) is 12.0 Å². The van der Waals surface area contributed by atoms with Gasteiger partial charge in [-0.2, -0.15) is 0 Å². The van der Waals surface area contributed by atoms with E-state index in [1.54, 1.807) is 6.92 Å². The lowest BCUT2D eigenvalue weighted by Gasteiger charge is -2.38. The maximum atomic E-state index is 11.5. The first-order chi connectivity index (χ1) is 9.60. The van der Waals surface area contributed by atoms with Crippen LogP contribution in [0.1, 0.15) is 32.3 Å². The molecule has 3 nitrogen and oxygen atoms in total. The molecular formula is C16H23BrN2O. The van der Waals surface area contributed by atoms with Crippen molar-refractivity contribution in [2.45, 2.75) is 39.3 Å². The summed E-state index contributed by atoms with van der Waals surface area (Å²) in [4.78, 5) is 13.5. The topological polar surface area (TPSA) is 32.3 Å². The van der Waals surface area contributed by atoms with Gasteiger partial charge in [-0.3, -0.25) is 4.79 Å². The van der Waals surface area contributed by atoms with Gasteiger partial charge < -0.3 is 10.2 Å². The molecule has 0 saturated carbocycles. The Bertz CT molecular complexity index is 446. The van der Waals surface area contributed by atoms with Crippen LogP contribution in [0.2, 0.25) is 0 Å². The van der Waals surface area contributed by atoms with Crippen LogP contribution in [0.3, 0.4) is 0 Å². The van der Waals surface area contributed by atoms with Crippen molar-refractivity contribution in [2.75, 3.05) is 13.1 Å². The molecule has 1 aliphatic heterocycles. The largest absolute Gasteiger partial charge is 0.343 e. The Morgan fingerprint density at radius 2 is 2.10 bits per heavy atom. The summed E-state index contributed by atoms with van der Waals surface area (Å²) in [5.74, 6) is 0.762. The van der Waals surface area contributed by atoms with Crippen molar-refractivity contribution < 1.29 is 4.79 Å². The highest BCUT2D eigenvalue weighted by molar-refractivity contribution is 9.10. The van der Waals surface area contributed by atoms with Crippen molar-refractivity contribution in [3.05, 3.63) is 34.3 Å². The van der Waals surface area contributed by atoms with Gasteiger partial charge in [-0.15, -0.1) is 0 Å². The maximum Gasteiger partial charge on any atom is 0.219 e. The molecule has 1 aliphatic rings. The van der Waals surface area contributed by atoms with Gasteiger partial charge in [-0.25, -0.2) is 0 Å². The summed E-state index contributed by atoms with van der Waals surface area (Å²) in [6.07, 6.45) is 2.16. The summed E-state index contributed by atoms with van der Waals surface area (Å²) in [6, 6.07) is 8.95. The molecule has 0 unspecified atom stereocenters. The Kier molecular flexibility index (Phi) is 5.61. The Morgan fingerprint density at radius 3 is 2.70 bits per heavy atom. The molecule has 1 aromatic carbocycles. The van der Waals surface area contributed by atoms with E-state index in [1.165, 1.54) is 5.56 Å². The lowest BCUT2D eigenvalue weighted by Crippen LogP contribution is -2.50. The summed E-state index contributed by atoms with van der Waals surface area (Å²) in [6.45, 7) is 6.55. The van der Waals surface area contributed by atoms with Crippen molar-refractivity contribution in [1.82, 2.24) is 10.2 Å². The highest BCUT2D eigenvalue weighted by Crippen LogP contribution is 2.21. The third kappa shape index (κ3) is 4.06. The van der Waals surface area contributed by atoms with Crippen molar-refractivity contribution in [2.24, 2.45) is 5.92 Å². The summed E-state index contributed by atoms with van der Waals surface area (Å²) >= 11 is 3.46. The number of benzene rings is 1. The van der Waals surface area contributed by atoms with Crippen LogP contribution in [0.4, 0.5) is 0 Å². The van der Waals surface area contributed by atoms with Gasteiger partial charge in [0.2, 0.25) is 5.91 Å². The van der Waals surface area contributed by atoms with Gasteiger partial charge in [0.05, 0.1) is 0 Å². The van der Waals surface area contributed by atoms with Gasteiger partial charge in [-0.1, -0.05) is 41.4 Å². The van der Waals surface area contributed by atoms with Crippen LogP contribution in [0.15, 0.2) is 28.7 Å². The highest BCUT2D eigenvalue weighted by Gasteiger charge is 2.28. The van der Waals surface area contributed by atoms with Crippen molar-refractivity contribution in [1.29, 1.82) is 0 Å². The summed E-state index contributed by atoms with van der Waals surface area (Å²) in [5.41, 5.74) is 1.30. The number of rotatable bonds is 4. The number of nitrogens with zero attached hydrogens (tertiary/aromatic N) is 1. The van der Waals surface area contributed by atoms with Gasteiger partial charge in [-0.05, 0) is 30.0 Å². The third-order valence-corrected chi connectivity index (χ3v) is 4.71. The zero-order valence-corrected chi connectivity index (χ0v) is 13.8. The minimum absolute atomic E-state index is 0.204. The van der Waals surface area contributed by atoms with E-state index in [0.717, 1.165) is 36.9 Å². The molecule has 20 heavy (non-hydrogen) atoms. The van der Waals surface area contributed by atoms with Gasteiger partial charge in [0.1, 0.15) is 0 Å². The molecule has 0 spiro atoms. The second kappa shape index (κ2) is 7.23. The minimum Gasteiger partial charge on any atom is -0.343 e. The number of hydrogen-bond donors (Lipinski definition) is 1. The molecule has 1 N–H and O–H groups in total. The van der Waals surface area contributed by atoms with E-state index in [1.807, 2.05) is 4.90 Å². The number of likely N-dealkylation sites (tertiary alicyclic amines) is 1. The molecule has 1 amide bonds. The van der Waals surface area contributed by atoms with Crippen LogP contribution < -0.4 is 5.32 Å². The molecule has 110 valence electrons. The zero-order chi connectivity index (χ0) is 14.5. The molecule has 0 aliphatic carbocycles. The van der Waals surface area contributed by atoms with Gasteiger partial charge in [0.15, 0.2) is 0 Å². The summed E-state index contributed by atoms with van der Waals surface area (Å²) < 4.78 is 1.11. The summed E-state index contributed by atoms with van der Waals surface area (Å²) in [7, 11) is 0. The van der Waals surface area contributed by atoms with Crippen LogP contribution >= 0.6 is 15.9 Å². The normalized spacial score (nSPS) is 22.9. The monoisotopic (exact) mass is 338 g/mol. The minimum atomic E-state index is 0.204. The molecule has 2 rings (SSSR count). The van der Waals surface area contributed by atoms with E-state index < -0.39 is 0 Å². The maximum absolute atomic E-state index is 11.5. The number of carbonyl (C=O) groups is 1. The number of halogens is 1. The predicted molar refractivity (Wildman–Crippen MR) is 85.4 cm³/mol. The number of carbonyl (C=O) groups excluding carboxylic acids is 1. The molecule has 1 aromatic rings. The first-order valence-corrected chi connectivity index (χ1v) is 8.12. The third-order valence-electron chi connectivity index (χ3n) is 4.19. The van der Waals surface area contributed by atoms with E-state index in [4.69, 9.17) is 0 Å². The fraction of sp³-hybridized carbons (Fsp3) is 0.562. The SMILES string of the molecule is CC[C@@H]1CN(C(C)=O)CC[C@H]1NCc1ccc(Br)cc1. The molecule has 2 atom stereocenters. The second-order valence-electron chi connectivity index (χ2n) is 5.54. The average Bonchev–Trinajstić information content (AvgIpc) is 2.46. The first kappa shape index (κ1) is 15.5. The molecule has 0 radical (unpaired) electrons. The Hall–Kier alpha value is -0.870. The summed E-state index contributed by atoms with van der Waals surface area (Å²) in [5, 5.41) is 3.66. The lowest BCUT2D eigenvalue weighted by molar-refractivity contribution is -0.131. The number of nitrogens with one attached hydrogen (secondary N) is 1. The average molecular weight is 339 g/mol. The van der Waals surface area contributed by atoms with Crippen LogP contribution in [0, 0.1) is 5.92 Å². The lowest BCUT2D eigenvalue weighted by atomic mass is 9.89. The van der Waals surface area contributed by atoms with Crippen molar-refractivity contribution in [3.8, 4) is 0 Å². The smallest absolute Gasteiger partial charge is 0.219 e. The van der Waals surface area contributed by atoms with Crippen LogP contribution in [0.25, 0.3) is 0 Å². The molecule has 1 heterocycles. The van der Waals surface area contributed by atoms with E-state index in [9.17, 15) is 4.79 Å². The number of amides is 1. The molecule has 1 saturated heterocycles. The van der Waals surface area contributed by atoms with Gasteiger partial charge in [0, 0.05) is 37.1 Å². The van der Waals surface area contributed by atoms with Gasteiger partial charge in [0.25, 0.3) is 0 Å². The van der Waals surface area contributed by atoms with E-state index in [-0.39, 0.29) is 5.91 Å². The first-order valence-electron chi connectivity index (χ1n) is 7.33.